The molecule has 6 nitrogen and oxygen atoms in total. The van der Waals surface area contributed by atoms with E-state index in [0.29, 0.717) is 24.6 Å². The van der Waals surface area contributed by atoms with Gasteiger partial charge in [0.25, 0.3) is 0 Å². The van der Waals surface area contributed by atoms with Crippen molar-refractivity contribution in [2.24, 2.45) is 0 Å². The molecule has 0 aliphatic carbocycles. The molecule has 1 saturated heterocycles. The summed E-state index contributed by atoms with van der Waals surface area (Å²) in [7, 11) is 0. The third-order valence-electron chi connectivity index (χ3n) is 3.72. The lowest BCUT2D eigenvalue weighted by Crippen LogP contribution is -2.48. The van der Waals surface area contributed by atoms with Gasteiger partial charge in [-0.1, -0.05) is 6.07 Å². The number of amides is 1. The molecule has 0 bridgehead atoms. The molecular formula is C15H16N2O4S. The van der Waals surface area contributed by atoms with Crippen molar-refractivity contribution < 1.29 is 19.1 Å². The number of rotatable bonds is 4. The van der Waals surface area contributed by atoms with Crippen LogP contribution >= 0.6 is 11.3 Å². The van der Waals surface area contributed by atoms with Crippen LogP contribution in [-0.4, -0.2) is 39.5 Å². The molecule has 2 aromatic heterocycles. The van der Waals surface area contributed by atoms with E-state index in [2.05, 4.69) is 4.98 Å². The summed E-state index contributed by atoms with van der Waals surface area (Å²) in [6, 6.07) is 3.08. The Labute approximate surface area is 131 Å². The minimum absolute atomic E-state index is 0.0681. The van der Waals surface area contributed by atoms with Crippen molar-refractivity contribution in [1.82, 2.24) is 9.88 Å². The van der Waals surface area contributed by atoms with Gasteiger partial charge in [0.05, 0.1) is 17.0 Å². The van der Waals surface area contributed by atoms with Crippen molar-refractivity contribution in [1.29, 1.82) is 0 Å². The summed E-state index contributed by atoms with van der Waals surface area (Å²) in [5, 5.41) is 11.2. The maximum Gasteiger partial charge on any atom is 0.326 e. The van der Waals surface area contributed by atoms with E-state index in [1.54, 1.807) is 0 Å². The zero-order chi connectivity index (χ0) is 15.5. The number of thiophene rings is 1. The molecule has 116 valence electrons. The molecule has 7 heteroatoms. The summed E-state index contributed by atoms with van der Waals surface area (Å²) in [4.78, 5) is 30.3. The summed E-state index contributed by atoms with van der Waals surface area (Å²) in [5.41, 5.74) is 0.531. The van der Waals surface area contributed by atoms with Crippen LogP contribution in [0.3, 0.4) is 0 Å². The molecule has 1 amide bonds. The van der Waals surface area contributed by atoms with E-state index in [4.69, 9.17) is 4.42 Å². The Hall–Kier alpha value is -2.15. The Morgan fingerprint density at radius 2 is 2.32 bits per heavy atom. The number of likely N-dealkylation sites (tertiary alicyclic amines) is 1. The largest absolute Gasteiger partial charge is 0.480 e. The first-order valence-electron chi connectivity index (χ1n) is 7.15. The van der Waals surface area contributed by atoms with E-state index in [1.165, 1.54) is 22.5 Å². The SMILES string of the molecule is O=C(O)[C@H]1CCCCN1C(=O)Cc1coc(-c2cccs2)n1. The molecule has 1 N–H and O–H groups in total. The van der Waals surface area contributed by atoms with Gasteiger partial charge >= 0.3 is 5.97 Å². The fourth-order valence-corrected chi connectivity index (χ4v) is 3.30. The average molecular weight is 320 g/mol. The van der Waals surface area contributed by atoms with E-state index in [0.717, 1.165) is 17.7 Å². The van der Waals surface area contributed by atoms with E-state index < -0.39 is 12.0 Å². The second-order valence-corrected chi connectivity index (χ2v) is 6.18. The van der Waals surface area contributed by atoms with Gasteiger partial charge in [0.1, 0.15) is 12.3 Å². The number of hydrogen-bond donors (Lipinski definition) is 1. The van der Waals surface area contributed by atoms with Gasteiger partial charge in [0, 0.05) is 6.54 Å². The van der Waals surface area contributed by atoms with Gasteiger partial charge in [-0.3, -0.25) is 4.79 Å². The third-order valence-corrected chi connectivity index (χ3v) is 4.58. The Bertz CT molecular complexity index is 665. The zero-order valence-corrected chi connectivity index (χ0v) is 12.7. The number of carbonyl (C=O) groups excluding carboxylic acids is 1. The molecule has 3 rings (SSSR count). The van der Waals surface area contributed by atoms with E-state index >= 15 is 0 Å². The lowest BCUT2D eigenvalue weighted by Gasteiger charge is -2.32. The van der Waals surface area contributed by atoms with Gasteiger partial charge in [0.2, 0.25) is 11.8 Å². The van der Waals surface area contributed by atoms with Crippen LogP contribution in [0.5, 0.6) is 0 Å². The van der Waals surface area contributed by atoms with Crippen molar-refractivity contribution in [2.45, 2.75) is 31.7 Å². The van der Waals surface area contributed by atoms with Gasteiger partial charge in [-0.2, -0.15) is 0 Å². The molecule has 3 heterocycles. The molecule has 22 heavy (non-hydrogen) atoms. The van der Waals surface area contributed by atoms with E-state index in [9.17, 15) is 14.7 Å². The summed E-state index contributed by atoms with van der Waals surface area (Å²) in [6.45, 7) is 0.492. The number of carboxylic acid groups (broad SMARTS) is 1. The molecule has 1 aliphatic rings. The quantitative estimate of drug-likeness (QED) is 0.935. The van der Waals surface area contributed by atoms with Gasteiger partial charge < -0.3 is 14.4 Å². The molecule has 1 aliphatic heterocycles. The zero-order valence-electron chi connectivity index (χ0n) is 11.9. The van der Waals surface area contributed by atoms with Crippen LogP contribution in [0.15, 0.2) is 28.2 Å². The Morgan fingerprint density at radius 3 is 3.05 bits per heavy atom. The molecule has 0 saturated carbocycles. The molecular weight excluding hydrogens is 304 g/mol. The van der Waals surface area contributed by atoms with Crippen molar-refractivity contribution in [3.8, 4) is 10.8 Å². The van der Waals surface area contributed by atoms with Crippen LogP contribution in [0, 0.1) is 0 Å². The number of hydrogen-bond acceptors (Lipinski definition) is 5. The molecule has 0 aromatic carbocycles. The monoisotopic (exact) mass is 320 g/mol. The minimum Gasteiger partial charge on any atom is -0.480 e. The predicted octanol–water partition coefficient (Wildman–Crippen LogP) is 2.41. The van der Waals surface area contributed by atoms with E-state index in [1.807, 2.05) is 17.5 Å². The number of carbonyl (C=O) groups is 2. The topological polar surface area (TPSA) is 83.6 Å². The highest BCUT2D eigenvalue weighted by atomic mass is 32.1. The normalized spacial score (nSPS) is 18.4. The van der Waals surface area contributed by atoms with Crippen LogP contribution in [0.2, 0.25) is 0 Å². The maximum atomic E-state index is 12.4. The van der Waals surface area contributed by atoms with Gasteiger partial charge in [0.15, 0.2) is 0 Å². The first kappa shape index (κ1) is 14.8. The summed E-state index contributed by atoms with van der Waals surface area (Å²) in [6.07, 6.45) is 3.73. The first-order chi connectivity index (χ1) is 10.6. The lowest BCUT2D eigenvalue weighted by molar-refractivity contribution is -0.151. The first-order valence-corrected chi connectivity index (χ1v) is 8.03. The van der Waals surface area contributed by atoms with Crippen LogP contribution in [0.25, 0.3) is 10.8 Å². The summed E-state index contributed by atoms with van der Waals surface area (Å²) >= 11 is 1.51. The second kappa shape index (κ2) is 6.31. The number of oxazole rings is 1. The number of nitrogens with zero attached hydrogens (tertiary/aromatic N) is 2. The summed E-state index contributed by atoms with van der Waals surface area (Å²) in [5.74, 6) is -0.656. The molecule has 1 atom stereocenters. The van der Waals surface area contributed by atoms with Crippen LogP contribution in [-0.2, 0) is 16.0 Å². The fraction of sp³-hybridized carbons (Fsp3) is 0.400. The average Bonchev–Trinajstić information content (AvgIpc) is 3.17. The van der Waals surface area contributed by atoms with Gasteiger partial charge in [-0.05, 0) is 30.7 Å². The van der Waals surface area contributed by atoms with Crippen molar-refractivity contribution in [2.75, 3.05) is 6.54 Å². The summed E-state index contributed by atoms with van der Waals surface area (Å²) < 4.78 is 5.38. The fourth-order valence-electron chi connectivity index (χ4n) is 2.64. The van der Waals surface area contributed by atoms with Crippen LogP contribution < -0.4 is 0 Å². The number of aliphatic carboxylic acids is 1. The highest BCUT2D eigenvalue weighted by Crippen LogP contribution is 2.24. The highest BCUT2D eigenvalue weighted by molar-refractivity contribution is 7.13. The standard InChI is InChI=1S/C15H16N2O4S/c18-13(17-6-2-1-4-11(17)15(19)20)8-10-9-21-14(16-10)12-5-3-7-22-12/h3,5,7,9,11H,1-2,4,6,8H2,(H,19,20)/t11-/m1/s1. The molecule has 2 aromatic rings. The van der Waals surface area contributed by atoms with Gasteiger partial charge in [-0.15, -0.1) is 11.3 Å². The molecule has 0 spiro atoms. The highest BCUT2D eigenvalue weighted by Gasteiger charge is 2.32. The molecule has 0 radical (unpaired) electrons. The predicted molar refractivity (Wildman–Crippen MR) is 80.5 cm³/mol. The smallest absolute Gasteiger partial charge is 0.326 e. The Morgan fingerprint density at radius 1 is 1.45 bits per heavy atom. The molecule has 1 fully saturated rings. The van der Waals surface area contributed by atoms with Crippen molar-refractivity contribution >= 4 is 23.2 Å². The van der Waals surface area contributed by atoms with E-state index in [-0.39, 0.29) is 12.3 Å². The van der Waals surface area contributed by atoms with Crippen LogP contribution in [0.1, 0.15) is 25.0 Å². The Balaban J connectivity index is 1.70. The Kier molecular flexibility index (Phi) is 4.24. The maximum absolute atomic E-state index is 12.4. The van der Waals surface area contributed by atoms with Crippen LogP contribution in [0.4, 0.5) is 0 Å². The number of carboxylic acids is 1. The van der Waals surface area contributed by atoms with Gasteiger partial charge in [-0.25, -0.2) is 9.78 Å². The molecule has 0 unspecified atom stereocenters. The van der Waals surface area contributed by atoms with Crippen molar-refractivity contribution in [3.63, 3.8) is 0 Å². The number of aromatic nitrogens is 1. The number of piperidine rings is 1. The van der Waals surface area contributed by atoms with Crippen molar-refractivity contribution in [3.05, 3.63) is 29.5 Å². The second-order valence-electron chi connectivity index (χ2n) is 5.24. The lowest BCUT2D eigenvalue weighted by atomic mass is 10.0. The minimum atomic E-state index is -0.938. The third kappa shape index (κ3) is 3.04.